The summed E-state index contributed by atoms with van der Waals surface area (Å²) in [6.45, 7) is 9.57. The average Bonchev–Trinajstić information content (AvgIpc) is 2.54. The predicted molar refractivity (Wildman–Crippen MR) is 90.1 cm³/mol. The van der Waals surface area contributed by atoms with Crippen LogP contribution < -0.4 is 10.6 Å². The Bertz CT molecular complexity index is 481. The maximum absolute atomic E-state index is 12.2. The number of nitrogens with zero attached hydrogens (tertiary/aromatic N) is 1. The number of hydrogen-bond donors (Lipinski definition) is 2. The van der Waals surface area contributed by atoms with Crippen LogP contribution in [0, 0.1) is 0 Å². The van der Waals surface area contributed by atoms with E-state index in [4.69, 9.17) is 0 Å². The summed E-state index contributed by atoms with van der Waals surface area (Å²) in [5.74, 6) is 0.00343. The molecule has 0 aliphatic heterocycles. The van der Waals surface area contributed by atoms with Crippen molar-refractivity contribution in [1.82, 2.24) is 10.2 Å². The smallest absolute Gasteiger partial charge is 0.253 e. The van der Waals surface area contributed by atoms with Crippen molar-refractivity contribution in [1.29, 1.82) is 0 Å². The number of benzene rings is 1. The van der Waals surface area contributed by atoms with Crippen LogP contribution in [-0.4, -0.2) is 42.4 Å². The highest BCUT2D eigenvalue weighted by atomic mass is 16.2. The second kappa shape index (κ2) is 9.07. The zero-order valence-electron chi connectivity index (χ0n) is 14.0. The average molecular weight is 305 g/mol. The van der Waals surface area contributed by atoms with Crippen LogP contribution in [0.2, 0.25) is 0 Å². The van der Waals surface area contributed by atoms with Crippen LogP contribution in [0.5, 0.6) is 0 Å². The van der Waals surface area contributed by atoms with E-state index in [0.717, 1.165) is 12.1 Å². The van der Waals surface area contributed by atoms with Crippen LogP contribution in [0.3, 0.4) is 0 Å². The summed E-state index contributed by atoms with van der Waals surface area (Å²) < 4.78 is 0. The fourth-order valence-corrected chi connectivity index (χ4v) is 2.03. The molecular formula is C17H27N3O2. The lowest BCUT2D eigenvalue weighted by Gasteiger charge is -2.18. The second-order valence-corrected chi connectivity index (χ2v) is 5.29. The molecule has 2 amide bonds. The topological polar surface area (TPSA) is 61.4 Å². The van der Waals surface area contributed by atoms with Crippen molar-refractivity contribution in [2.45, 2.75) is 40.2 Å². The van der Waals surface area contributed by atoms with E-state index in [1.807, 2.05) is 39.8 Å². The maximum atomic E-state index is 12.2. The molecule has 0 fully saturated rings. The van der Waals surface area contributed by atoms with Gasteiger partial charge in [0.05, 0.1) is 6.54 Å². The van der Waals surface area contributed by atoms with E-state index >= 15 is 0 Å². The Labute approximate surface area is 133 Å². The zero-order valence-corrected chi connectivity index (χ0v) is 14.0. The summed E-state index contributed by atoms with van der Waals surface area (Å²) in [4.78, 5) is 25.7. The quantitative estimate of drug-likeness (QED) is 0.775. The van der Waals surface area contributed by atoms with Crippen LogP contribution in [0.1, 0.15) is 44.5 Å². The van der Waals surface area contributed by atoms with E-state index in [0.29, 0.717) is 18.7 Å². The second-order valence-electron chi connectivity index (χ2n) is 5.29. The lowest BCUT2D eigenvalue weighted by Crippen LogP contribution is -2.36. The molecule has 1 atom stereocenters. The number of rotatable bonds is 8. The number of anilines is 1. The molecule has 122 valence electrons. The van der Waals surface area contributed by atoms with E-state index in [-0.39, 0.29) is 24.4 Å². The Balaban J connectivity index is 2.55. The first-order valence-electron chi connectivity index (χ1n) is 7.94. The molecule has 0 saturated carbocycles. The van der Waals surface area contributed by atoms with E-state index < -0.39 is 0 Å². The molecular weight excluding hydrogens is 278 g/mol. The molecule has 1 unspecified atom stereocenters. The molecule has 1 rings (SSSR count). The molecule has 0 spiro atoms. The first-order chi connectivity index (χ1) is 10.5. The van der Waals surface area contributed by atoms with Gasteiger partial charge in [-0.15, -0.1) is 0 Å². The molecule has 0 aromatic heterocycles. The van der Waals surface area contributed by atoms with E-state index in [1.165, 1.54) is 0 Å². The monoisotopic (exact) mass is 305 g/mol. The summed E-state index contributed by atoms with van der Waals surface area (Å²) >= 11 is 0. The molecule has 0 bridgehead atoms. The first kappa shape index (κ1) is 18.0. The van der Waals surface area contributed by atoms with Crippen LogP contribution >= 0.6 is 0 Å². The zero-order chi connectivity index (χ0) is 16.5. The summed E-state index contributed by atoms with van der Waals surface area (Å²) in [5.41, 5.74) is 1.49. The molecule has 5 heteroatoms. The lowest BCUT2D eigenvalue weighted by atomic mass is 10.1. The van der Waals surface area contributed by atoms with Crippen LogP contribution in [-0.2, 0) is 4.79 Å². The van der Waals surface area contributed by atoms with Gasteiger partial charge in [-0.1, -0.05) is 6.92 Å². The van der Waals surface area contributed by atoms with Crippen molar-refractivity contribution < 1.29 is 9.59 Å². The largest absolute Gasteiger partial charge is 0.376 e. The number of carbonyl (C=O) groups excluding carboxylic acids is 2. The summed E-state index contributed by atoms with van der Waals surface area (Å²) in [7, 11) is 0. The third-order valence-electron chi connectivity index (χ3n) is 3.66. The van der Waals surface area contributed by atoms with Gasteiger partial charge in [-0.25, -0.2) is 0 Å². The SMILES string of the molecule is CCC(C)NC(=O)CNc1ccc(C(=O)N(CC)CC)cc1. The number of hydrogen-bond acceptors (Lipinski definition) is 3. The molecule has 5 nitrogen and oxygen atoms in total. The minimum atomic E-state index is -0.0300. The Morgan fingerprint density at radius 2 is 1.68 bits per heavy atom. The molecule has 0 aliphatic carbocycles. The Morgan fingerprint density at radius 3 is 2.18 bits per heavy atom. The number of carbonyl (C=O) groups is 2. The fraction of sp³-hybridized carbons (Fsp3) is 0.529. The van der Waals surface area contributed by atoms with Gasteiger partial charge in [0.1, 0.15) is 0 Å². The molecule has 0 saturated heterocycles. The van der Waals surface area contributed by atoms with E-state index in [2.05, 4.69) is 10.6 Å². The maximum Gasteiger partial charge on any atom is 0.253 e. The molecule has 0 heterocycles. The van der Waals surface area contributed by atoms with Crippen molar-refractivity contribution in [3.8, 4) is 0 Å². The van der Waals surface area contributed by atoms with Crippen LogP contribution in [0.15, 0.2) is 24.3 Å². The molecule has 0 aliphatic rings. The van der Waals surface area contributed by atoms with Gasteiger partial charge < -0.3 is 15.5 Å². The Morgan fingerprint density at radius 1 is 1.09 bits per heavy atom. The summed E-state index contributed by atoms with van der Waals surface area (Å²) in [5, 5.41) is 5.96. The van der Waals surface area contributed by atoms with E-state index in [1.54, 1.807) is 17.0 Å². The highest BCUT2D eigenvalue weighted by Gasteiger charge is 2.12. The van der Waals surface area contributed by atoms with Crippen LogP contribution in [0.25, 0.3) is 0 Å². The van der Waals surface area contributed by atoms with Gasteiger partial charge in [0.25, 0.3) is 5.91 Å². The molecule has 0 radical (unpaired) electrons. The Hall–Kier alpha value is -2.04. The molecule has 2 N–H and O–H groups in total. The molecule has 1 aromatic rings. The van der Waals surface area contributed by atoms with Gasteiger partial charge >= 0.3 is 0 Å². The molecule has 22 heavy (non-hydrogen) atoms. The lowest BCUT2D eigenvalue weighted by molar-refractivity contribution is -0.120. The normalized spacial score (nSPS) is 11.6. The van der Waals surface area contributed by atoms with Gasteiger partial charge in [0.15, 0.2) is 0 Å². The van der Waals surface area contributed by atoms with Gasteiger partial charge in [-0.2, -0.15) is 0 Å². The van der Waals surface area contributed by atoms with Crippen molar-refractivity contribution in [2.75, 3.05) is 25.0 Å². The van der Waals surface area contributed by atoms with E-state index in [9.17, 15) is 9.59 Å². The van der Waals surface area contributed by atoms with Crippen molar-refractivity contribution in [3.05, 3.63) is 29.8 Å². The fourth-order valence-electron chi connectivity index (χ4n) is 2.03. The standard InChI is InChI=1S/C17H27N3O2/c1-5-13(4)19-16(21)12-18-15-10-8-14(9-11-15)17(22)20(6-2)7-3/h8-11,13,18H,5-7,12H2,1-4H3,(H,19,21). The summed E-state index contributed by atoms with van der Waals surface area (Å²) in [6.07, 6.45) is 0.911. The molecule has 1 aromatic carbocycles. The minimum absolute atomic E-state index is 0.0300. The van der Waals surface area contributed by atoms with Gasteiger partial charge in [-0.05, 0) is 51.5 Å². The van der Waals surface area contributed by atoms with Gasteiger partial charge in [0.2, 0.25) is 5.91 Å². The predicted octanol–water partition coefficient (Wildman–Crippen LogP) is 2.50. The minimum Gasteiger partial charge on any atom is -0.376 e. The van der Waals surface area contributed by atoms with Crippen molar-refractivity contribution >= 4 is 17.5 Å². The summed E-state index contributed by atoms with van der Waals surface area (Å²) in [6, 6.07) is 7.41. The Kier molecular flexibility index (Phi) is 7.43. The first-order valence-corrected chi connectivity index (χ1v) is 7.94. The third kappa shape index (κ3) is 5.39. The highest BCUT2D eigenvalue weighted by molar-refractivity contribution is 5.94. The van der Waals surface area contributed by atoms with Gasteiger partial charge in [0, 0.05) is 30.4 Å². The van der Waals surface area contributed by atoms with Gasteiger partial charge in [-0.3, -0.25) is 9.59 Å². The van der Waals surface area contributed by atoms with Crippen molar-refractivity contribution in [2.24, 2.45) is 0 Å². The number of nitrogens with one attached hydrogen (secondary N) is 2. The van der Waals surface area contributed by atoms with Crippen LogP contribution in [0.4, 0.5) is 5.69 Å². The highest BCUT2D eigenvalue weighted by Crippen LogP contribution is 2.11. The number of amides is 2. The third-order valence-corrected chi connectivity index (χ3v) is 3.66. The van der Waals surface area contributed by atoms with Crippen molar-refractivity contribution in [3.63, 3.8) is 0 Å².